The van der Waals surface area contributed by atoms with Crippen molar-refractivity contribution in [2.45, 2.75) is 6.92 Å². The predicted octanol–water partition coefficient (Wildman–Crippen LogP) is 0.101. The Morgan fingerprint density at radius 2 is 2.00 bits per heavy atom. The van der Waals surface area contributed by atoms with E-state index in [1.54, 1.807) is 0 Å². The van der Waals surface area contributed by atoms with E-state index in [0.717, 1.165) is 16.9 Å². The molecule has 0 saturated carbocycles. The molecule has 0 radical (unpaired) electrons. The highest BCUT2D eigenvalue weighted by Crippen LogP contribution is 2.21. The normalized spacial score (nSPS) is 11.8. The number of aromatic nitrogens is 2. The van der Waals surface area contributed by atoms with E-state index in [9.17, 15) is 0 Å². The van der Waals surface area contributed by atoms with Gasteiger partial charge in [0.2, 0.25) is 5.96 Å². The maximum absolute atomic E-state index is 5.56. The fourth-order valence-corrected chi connectivity index (χ4v) is 1.67. The third-order valence-electron chi connectivity index (χ3n) is 2.58. The number of aliphatic imine (C=N–C) groups is 2. The summed E-state index contributed by atoms with van der Waals surface area (Å²) < 4.78 is 2.00. The summed E-state index contributed by atoms with van der Waals surface area (Å²) in [7, 11) is 1.96. The molecule has 18 heavy (non-hydrogen) atoms. The third kappa shape index (κ3) is 2.24. The number of benzene rings is 1. The summed E-state index contributed by atoms with van der Waals surface area (Å²) in [5.74, 6) is 0.830. The summed E-state index contributed by atoms with van der Waals surface area (Å²) >= 11 is 0. The number of hydrogen-bond donors (Lipinski definition) is 3. The number of nitrogens with zero attached hydrogens (tertiary/aromatic N) is 4. The van der Waals surface area contributed by atoms with Gasteiger partial charge < -0.3 is 21.8 Å². The largest absolute Gasteiger partial charge is 0.370 e. The molecule has 0 saturated heterocycles. The molecule has 0 aliphatic heterocycles. The van der Waals surface area contributed by atoms with E-state index in [1.807, 2.05) is 36.7 Å². The van der Waals surface area contributed by atoms with E-state index in [2.05, 4.69) is 15.0 Å². The summed E-state index contributed by atoms with van der Waals surface area (Å²) in [5.41, 5.74) is 18.5. The van der Waals surface area contributed by atoms with E-state index in [0.29, 0.717) is 5.69 Å². The van der Waals surface area contributed by atoms with Crippen molar-refractivity contribution in [2.24, 2.45) is 34.2 Å². The molecule has 1 aromatic heterocycles. The molecular weight excluding hydrogens is 230 g/mol. The number of guanidine groups is 2. The molecule has 2 aromatic rings. The average molecular weight is 245 g/mol. The molecule has 6 N–H and O–H groups in total. The van der Waals surface area contributed by atoms with Gasteiger partial charge in [-0.15, -0.1) is 0 Å². The Morgan fingerprint density at radius 3 is 2.67 bits per heavy atom. The number of aryl methyl sites for hydroxylation is 2. The number of imidazole rings is 1. The van der Waals surface area contributed by atoms with Crippen molar-refractivity contribution in [3.63, 3.8) is 0 Å². The van der Waals surface area contributed by atoms with Crippen molar-refractivity contribution in [3.8, 4) is 0 Å². The Morgan fingerprint density at radius 1 is 1.28 bits per heavy atom. The van der Waals surface area contributed by atoms with Crippen LogP contribution in [0.25, 0.3) is 11.0 Å². The van der Waals surface area contributed by atoms with E-state index in [-0.39, 0.29) is 11.9 Å². The number of fused-ring (bicyclic) bond motifs is 1. The first kappa shape index (κ1) is 11.9. The Bertz CT molecular complexity index is 647. The highest BCUT2D eigenvalue weighted by atomic mass is 15.1. The molecule has 0 fully saturated rings. The average Bonchev–Trinajstić information content (AvgIpc) is 2.53. The van der Waals surface area contributed by atoms with Gasteiger partial charge in [0.15, 0.2) is 5.96 Å². The zero-order valence-electron chi connectivity index (χ0n) is 10.3. The molecule has 94 valence electrons. The topological polar surface area (TPSA) is 121 Å². The second kappa shape index (κ2) is 4.36. The predicted molar refractivity (Wildman–Crippen MR) is 72.5 cm³/mol. The summed E-state index contributed by atoms with van der Waals surface area (Å²) in [6.45, 7) is 1.94. The van der Waals surface area contributed by atoms with Gasteiger partial charge in [-0.05, 0) is 25.1 Å². The molecule has 2 rings (SSSR count). The molecule has 1 heterocycles. The highest BCUT2D eigenvalue weighted by Gasteiger charge is 2.04. The summed E-state index contributed by atoms with van der Waals surface area (Å²) in [5, 5.41) is 0. The lowest BCUT2D eigenvalue weighted by molar-refractivity contribution is 0.886. The van der Waals surface area contributed by atoms with Crippen molar-refractivity contribution in [2.75, 3.05) is 0 Å². The second-order valence-corrected chi connectivity index (χ2v) is 3.90. The quantitative estimate of drug-likeness (QED) is 0.487. The minimum absolute atomic E-state index is 0.0157. The van der Waals surface area contributed by atoms with Gasteiger partial charge >= 0.3 is 0 Å². The van der Waals surface area contributed by atoms with E-state index in [1.165, 1.54) is 0 Å². The molecule has 7 nitrogen and oxygen atoms in total. The maximum Gasteiger partial charge on any atom is 0.223 e. The van der Waals surface area contributed by atoms with Gasteiger partial charge in [0, 0.05) is 7.05 Å². The van der Waals surface area contributed by atoms with Crippen molar-refractivity contribution < 1.29 is 0 Å². The monoisotopic (exact) mass is 245 g/mol. The van der Waals surface area contributed by atoms with E-state index in [4.69, 9.17) is 17.2 Å². The van der Waals surface area contributed by atoms with E-state index >= 15 is 0 Å². The van der Waals surface area contributed by atoms with Gasteiger partial charge in [-0.25, -0.2) is 9.98 Å². The fraction of sp³-hybridized carbons (Fsp3) is 0.182. The van der Waals surface area contributed by atoms with Crippen molar-refractivity contribution in [1.82, 2.24) is 9.55 Å². The molecule has 1 aromatic carbocycles. The Kier molecular flexibility index (Phi) is 2.88. The molecule has 0 aliphatic rings. The van der Waals surface area contributed by atoms with Crippen LogP contribution in [0, 0.1) is 6.92 Å². The summed E-state index contributed by atoms with van der Waals surface area (Å²) in [4.78, 5) is 12.1. The van der Waals surface area contributed by atoms with E-state index < -0.39 is 0 Å². The number of rotatable bonds is 1. The maximum atomic E-state index is 5.56. The van der Waals surface area contributed by atoms with Crippen LogP contribution in [-0.2, 0) is 7.05 Å². The van der Waals surface area contributed by atoms with Crippen molar-refractivity contribution >= 4 is 28.6 Å². The molecule has 0 spiro atoms. The Labute approximate surface area is 104 Å². The van der Waals surface area contributed by atoms with Crippen LogP contribution in [0.5, 0.6) is 0 Å². The van der Waals surface area contributed by atoms with Crippen LogP contribution in [0.3, 0.4) is 0 Å². The SMILES string of the molecule is Cc1nc2cc(N=C(N)N=C(N)N)ccc2n1C. The highest BCUT2D eigenvalue weighted by molar-refractivity contribution is 5.94. The van der Waals surface area contributed by atoms with Gasteiger partial charge in [-0.1, -0.05) is 0 Å². The van der Waals surface area contributed by atoms with Gasteiger partial charge in [-0.3, -0.25) is 0 Å². The van der Waals surface area contributed by atoms with Crippen LogP contribution in [0.4, 0.5) is 5.69 Å². The second-order valence-electron chi connectivity index (χ2n) is 3.90. The van der Waals surface area contributed by atoms with Gasteiger partial charge in [0.25, 0.3) is 0 Å². The van der Waals surface area contributed by atoms with Crippen LogP contribution < -0.4 is 17.2 Å². The molecule has 0 atom stereocenters. The molecule has 0 amide bonds. The minimum Gasteiger partial charge on any atom is -0.370 e. The Balaban J connectivity index is 2.45. The van der Waals surface area contributed by atoms with Crippen molar-refractivity contribution in [1.29, 1.82) is 0 Å². The van der Waals surface area contributed by atoms with Crippen molar-refractivity contribution in [3.05, 3.63) is 24.0 Å². The molecule has 0 unspecified atom stereocenters. The lowest BCUT2D eigenvalue weighted by atomic mass is 10.3. The summed E-state index contributed by atoms with van der Waals surface area (Å²) in [6.07, 6.45) is 0. The first-order valence-electron chi connectivity index (χ1n) is 5.34. The summed E-state index contributed by atoms with van der Waals surface area (Å²) in [6, 6.07) is 5.59. The van der Waals surface area contributed by atoms with Crippen LogP contribution in [-0.4, -0.2) is 21.5 Å². The lowest BCUT2D eigenvalue weighted by Gasteiger charge is -1.98. The molecule has 0 bridgehead atoms. The van der Waals surface area contributed by atoms with Gasteiger partial charge in [0.1, 0.15) is 5.82 Å². The van der Waals surface area contributed by atoms with Crippen LogP contribution in [0.15, 0.2) is 28.2 Å². The minimum atomic E-state index is -0.119. The first-order chi connectivity index (χ1) is 8.47. The van der Waals surface area contributed by atoms with Crippen LogP contribution in [0.2, 0.25) is 0 Å². The zero-order chi connectivity index (χ0) is 13.3. The van der Waals surface area contributed by atoms with Gasteiger partial charge in [0.05, 0.1) is 16.7 Å². The van der Waals surface area contributed by atoms with Gasteiger partial charge in [-0.2, -0.15) is 4.99 Å². The molecule has 0 aliphatic carbocycles. The lowest BCUT2D eigenvalue weighted by Crippen LogP contribution is -2.26. The van der Waals surface area contributed by atoms with Crippen LogP contribution in [0.1, 0.15) is 5.82 Å². The standard InChI is InChI=1S/C11H15N7/c1-6-15-8-5-7(3-4-9(8)18(6)2)16-11(14)17-10(12)13/h3-5H,1-2H3,(H6,12,13,14,16,17). The fourth-order valence-electron chi connectivity index (χ4n) is 1.67. The first-order valence-corrected chi connectivity index (χ1v) is 5.34. The number of nitrogens with two attached hydrogens (primary N) is 3. The zero-order valence-corrected chi connectivity index (χ0v) is 10.3. The Hall–Kier alpha value is -2.57. The molecular formula is C11H15N7. The molecule has 7 heteroatoms. The number of hydrogen-bond acceptors (Lipinski definition) is 2. The smallest absolute Gasteiger partial charge is 0.223 e. The van der Waals surface area contributed by atoms with Crippen LogP contribution >= 0.6 is 0 Å². The third-order valence-corrected chi connectivity index (χ3v) is 2.58.